The molecule has 0 spiro atoms. The van der Waals surface area contributed by atoms with Gasteiger partial charge in [0.05, 0.1) is 5.71 Å². The summed E-state index contributed by atoms with van der Waals surface area (Å²) < 4.78 is 0. The van der Waals surface area contributed by atoms with E-state index in [1.165, 1.54) is 38.1 Å². The van der Waals surface area contributed by atoms with E-state index in [0.717, 1.165) is 12.2 Å². The van der Waals surface area contributed by atoms with Crippen LogP contribution in [-0.2, 0) is 29.4 Å². The van der Waals surface area contributed by atoms with Crippen molar-refractivity contribution in [2.75, 3.05) is 5.32 Å². The molecule has 0 aromatic heterocycles. The van der Waals surface area contributed by atoms with Crippen molar-refractivity contribution in [3.05, 3.63) is 47.6 Å². The fraction of sp³-hybridized carbons (Fsp3) is 0.150. The smallest absolute Gasteiger partial charge is 0.251 e. The highest BCUT2D eigenvalue weighted by Gasteiger charge is 2.57. The molecular formula is C20H16N4O6S. The number of thiocarbonyl (C=S) groups is 1. The molecule has 1 fully saturated rings. The lowest BCUT2D eigenvalue weighted by Crippen LogP contribution is -2.66. The molecule has 0 atom stereocenters. The van der Waals surface area contributed by atoms with Crippen molar-refractivity contribution in [1.29, 1.82) is 0 Å². The lowest BCUT2D eigenvalue weighted by molar-refractivity contribution is -0.137. The van der Waals surface area contributed by atoms with Crippen LogP contribution in [0, 0.1) is 0 Å². The number of amides is 4. The van der Waals surface area contributed by atoms with Gasteiger partial charge in [-0.1, -0.05) is 0 Å². The molecular weight excluding hydrogens is 424 g/mol. The third kappa shape index (κ3) is 3.90. The molecule has 3 rings (SSSR count). The molecule has 0 radical (unpaired) electrons. The Kier molecular flexibility index (Phi) is 5.62. The van der Waals surface area contributed by atoms with E-state index < -0.39 is 40.6 Å². The van der Waals surface area contributed by atoms with Gasteiger partial charge in [0, 0.05) is 30.7 Å². The molecule has 1 aliphatic carbocycles. The van der Waals surface area contributed by atoms with Crippen molar-refractivity contribution in [2.24, 2.45) is 4.99 Å². The van der Waals surface area contributed by atoms with Crippen LogP contribution in [0.25, 0.3) is 0 Å². The Hall–Kier alpha value is -3.99. The van der Waals surface area contributed by atoms with Gasteiger partial charge in [0.25, 0.3) is 11.8 Å². The summed E-state index contributed by atoms with van der Waals surface area (Å²) in [5, 5.41) is 17.4. The number of carbonyl (C=O) groups is 5. The van der Waals surface area contributed by atoms with Gasteiger partial charge in [0.2, 0.25) is 11.8 Å². The molecule has 0 unspecified atom stereocenters. The number of carbonyl (C=O) groups excluding carboxylic acids is 5. The van der Waals surface area contributed by atoms with Crippen LogP contribution in [0.5, 0.6) is 5.75 Å². The average molecular weight is 440 g/mol. The Morgan fingerprint density at radius 1 is 1.10 bits per heavy atom. The number of nitrogens with one attached hydrogen (secondary N) is 3. The molecule has 1 aromatic carbocycles. The fourth-order valence-electron chi connectivity index (χ4n) is 3.34. The van der Waals surface area contributed by atoms with Crippen LogP contribution in [0.1, 0.15) is 19.4 Å². The van der Waals surface area contributed by atoms with E-state index in [-0.39, 0.29) is 27.6 Å². The van der Waals surface area contributed by atoms with Crippen molar-refractivity contribution in [3.8, 4) is 5.75 Å². The van der Waals surface area contributed by atoms with Crippen LogP contribution in [0.3, 0.4) is 0 Å². The highest BCUT2D eigenvalue weighted by atomic mass is 32.1. The molecule has 0 saturated carbocycles. The number of ketones is 1. The van der Waals surface area contributed by atoms with Gasteiger partial charge in [-0.15, -0.1) is 0 Å². The number of allylic oxidation sites excluding steroid dienone is 3. The van der Waals surface area contributed by atoms with Gasteiger partial charge in [-0.3, -0.25) is 24.0 Å². The second-order valence-electron chi connectivity index (χ2n) is 6.71. The van der Waals surface area contributed by atoms with Gasteiger partial charge >= 0.3 is 0 Å². The van der Waals surface area contributed by atoms with E-state index >= 15 is 0 Å². The van der Waals surface area contributed by atoms with Crippen LogP contribution in [-0.4, -0.2) is 45.3 Å². The molecule has 158 valence electrons. The average Bonchev–Trinajstić information content (AvgIpc) is 2.65. The molecule has 4 N–H and O–H groups in total. The minimum Gasteiger partial charge on any atom is -0.508 e. The summed E-state index contributed by atoms with van der Waals surface area (Å²) in [6, 6.07) is 3.74. The van der Waals surface area contributed by atoms with Gasteiger partial charge in [-0.2, -0.15) is 0 Å². The molecule has 2 aliphatic rings. The first-order chi connectivity index (χ1) is 14.5. The highest BCUT2D eigenvalue weighted by molar-refractivity contribution is 7.80. The van der Waals surface area contributed by atoms with Crippen LogP contribution in [0.2, 0.25) is 0 Å². The molecule has 10 nitrogen and oxygen atoms in total. The first-order valence-electron chi connectivity index (χ1n) is 8.87. The van der Waals surface area contributed by atoms with Gasteiger partial charge < -0.3 is 21.1 Å². The summed E-state index contributed by atoms with van der Waals surface area (Å²) in [7, 11) is 0. The van der Waals surface area contributed by atoms with Crippen molar-refractivity contribution in [2.45, 2.75) is 19.3 Å². The maximum absolute atomic E-state index is 13.2. The fourth-order valence-corrected chi connectivity index (χ4v) is 3.53. The lowest BCUT2D eigenvalue weighted by Gasteiger charge is -2.37. The Balaban J connectivity index is 2.35. The number of hydrogen-bond donors (Lipinski definition) is 4. The van der Waals surface area contributed by atoms with E-state index in [0.29, 0.717) is 0 Å². The third-order valence-electron chi connectivity index (χ3n) is 4.51. The summed E-state index contributed by atoms with van der Waals surface area (Å²) in [6.07, 6.45) is 3.45. The van der Waals surface area contributed by atoms with E-state index in [4.69, 9.17) is 12.2 Å². The molecule has 1 aromatic rings. The summed E-state index contributed by atoms with van der Waals surface area (Å²) in [4.78, 5) is 65.9. The topological polar surface area (TPSA) is 154 Å². The molecule has 0 bridgehead atoms. The standard InChI is InChI=1S/C20H16N4O6S/c1-9(25)21-11-3-5-15(27)13(7-11)20(17(29)23-19(31)24-18(20)30)14-8-12(22-10(2)26)4-6-16(14)28/h3-8,27H,1-2H3,(H,21,25)(H2,23,24,29,30,31). The predicted octanol–water partition coefficient (Wildman–Crippen LogP) is 0.172. The Labute approximate surface area is 181 Å². The number of anilines is 1. The molecule has 1 saturated heterocycles. The van der Waals surface area contributed by atoms with Crippen molar-refractivity contribution < 1.29 is 29.1 Å². The zero-order valence-corrected chi connectivity index (χ0v) is 17.1. The van der Waals surface area contributed by atoms with Gasteiger partial charge in [0.15, 0.2) is 16.3 Å². The summed E-state index contributed by atoms with van der Waals surface area (Å²) >= 11 is 4.87. The largest absolute Gasteiger partial charge is 0.508 e. The summed E-state index contributed by atoms with van der Waals surface area (Å²) in [6.45, 7) is 2.45. The number of aromatic hydroxyl groups is 1. The second kappa shape index (κ2) is 8.03. The normalized spacial score (nSPS) is 18.9. The number of aliphatic imine (C=N–C) groups is 1. The number of hydrogen-bond acceptors (Lipinski definition) is 7. The Morgan fingerprint density at radius 2 is 1.74 bits per heavy atom. The lowest BCUT2D eigenvalue weighted by atomic mass is 9.68. The zero-order valence-electron chi connectivity index (χ0n) is 16.3. The van der Waals surface area contributed by atoms with Gasteiger partial charge in [-0.25, -0.2) is 4.99 Å². The second-order valence-corrected chi connectivity index (χ2v) is 7.12. The maximum Gasteiger partial charge on any atom is 0.251 e. The van der Waals surface area contributed by atoms with E-state index in [2.05, 4.69) is 20.9 Å². The quantitative estimate of drug-likeness (QED) is 0.226. The first kappa shape index (κ1) is 21.7. The van der Waals surface area contributed by atoms with E-state index in [1.54, 1.807) is 0 Å². The third-order valence-corrected chi connectivity index (χ3v) is 4.71. The van der Waals surface area contributed by atoms with Crippen LogP contribution in [0.4, 0.5) is 5.69 Å². The summed E-state index contributed by atoms with van der Waals surface area (Å²) in [5.41, 5.74) is -2.80. The molecule has 1 aliphatic heterocycles. The summed E-state index contributed by atoms with van der Waals surface area (Å²) in [5.74, 6) is -4.18. The molecule has 31 heavy (non-hydrogen) atoms. The Bertz CT molecular complexity index is 1140. The minimum absolute atomic E-state index is 0.0349. The van der Waals surface area contributed by atoms with Crippen molar-refractivity contribution in [3.63, 3.8) is 0 Å². The SMILES string of the molecule is CC(=O)N=C1C=CC(=O)C(C2(c3cc(NC(C)=O)ccc3O)C(=O)NC(=S)NC2=O)=C1. The number of nitrogens with zero attached hydrogens (tertiary/aromatic N) is 1. The molecule has 11 heteroatoms. The zero-order chi connectivity index (χ0) is 22.9. The minimum atomic E-state index is -2.37. The van der Waals surface area contributed by atoms with E-state index in [9.17, 15) is 29.1 Å². The van der Waals surface area contributed by atoms with Crippen LogP contribution >= 0.6 is 12.2 Å². The monoisotopic (exact) mass is 440 g/mol. The highest BCUT2D eigenvalue weighted by Crippen LogP contribution is 2.42. The van der Waals surface area contributed by atoms with Crippen molar-refractivity contribution in [1.82, 2.24) is 10.6 Å². The van der Waals surface area contributed by atoms with Crippen molar-refractivity contribution >= 4 is 58.1 Å². The number of phenolic OH excluding ortho intramolecular Hbond substituents is 1. The number of rotatable bonds is 3. The maximum atomic E-state index is 13.2. The van der Waals surface area contributed by atoms with Crippen LogP contribution in [0.15, 0.2) is 47.0 Å². The Morgan fingerprint density at radius 3 is 2.32 bits per heavy atom. The predicted molar refractivity (Wildman–Crippen MR) is 113 cm³/mol. The van der Waals surface area contributed by atoms with Crippen LogP contribution < -0.4 is 16.0 Å². The molecule has 1 heterocycles. The van der Waals surface area contributed by atoms with Gasteiger partial charge in [0.1, 0.15) is 5.75 Å². The van der Waals surface area contributed by atoms with Gasteiger partial charge in [-0.05, 0) is 48.6 Å². The number of benzene rings is 1. The first-order valence-corrected chi connectivity index (χ1v) is 9.28. The van der Waals surface area contributed by atoms with E-state index in [1.807, 2.05) is 0 Å². The number of phenols is 1. The molecule has 4 amide bonds.